The molecule has 2 amide bonds. The van der Waals surface area contributed by atoms with Gasteiger partial charge in [0.1, 0.15) is 0 Å². The van der Waals surface area contributed by atoms with E-state index < -0.39 is 16.1 Å². The van der Waals surface area contributed by atoms with Gasteiger partial charge in [-0.15, -0.1) is 0 Å². The average Bonchev–Trinajstić information content (AvgIpc) is 2.11. The van der Waals surface area contributed by atoms with Crippen molar-refractivity contribution in [2.75, 3.05) is 5.73 Å². The van der Waals surface area contributed by atoms with Gasteiger partial charge in [0.25, 0.3) is 10.0 Å². The molecule has 0 aromatic heterocycles. The molecule has 6 nitrogen and oxygen atoms in total. The molecule has 1 aromatic rings. The third kappa shape index (κ3) is 2.56. The van der Waals surface area contributed by atoms with Crippen LogP contribution in [0.1, 0.15) is 5.56 Å². The van der Waals surface area contributed by atoms with E-state index in [1.54, 1.807) is 11.6 Å². The molecule has 0 spiro atoms. The van der Waals surface area contributed by atoms with E-state index in [4.69, 9.17) is 23.1 Å². The minimum absolute atomic E-state index is 0.117. The van der Waals surface area contributed by atoms with Gasteiger partial charge in [0, 0.05) is 0 Å². The highest BCUT2D eigenvalue weighted by Crippen LogP contribution is 2.26. The number of benzene rings is 1. The number of sulfonamides is 1. The number of anilines is 1. The number of halogens is 1. The molecule has 0 saturated carbocycles. The van der Waals surface area contributed by atoms with E-state index in [0.717, 1.165) is 6.07 Å². The number of amides is 2. The number of carbonyl (C=O) groups is 1. The van der Waals surface area contributed by atoms with Crippen LogP contribution in [-0.2, 0) is 10.0 Å². The molecule has 88 valence electrons. The highest BCUT2D eigenvalue weighted by molar-refractivity contribution is 7.90. The predicted octanol–water partition coefficient (Wildman–Crippen LogP) is 0.588. The number of nitrogens with one attached hydrogen (secondary N) is 1. The van der Waals surface area contributed by atoms with E-state index in [2.05, 4.69) is 0 Å². The Balaban J connectivity index is 3.30. The molecule has 0 unspecified atom stereocenters. The summed E-state index contributed by atoms with van der Waals surface area (Å²) in [4.78, 5) is 10.3. The number of aryl methyl sites for hydroxylation is 1. The molecular formula is C8H10ClN3O3S. The second kappa shape index (κ2) is 4.18. The van der Waals surface area contributed by atoms with E-state index >= 15 is 0 Å². The molecule has 1 rings (SSSR count). The summed E-state index contributed by atoms with van der Waals surface area (Å²) in [5.74, 6) is 0. The fourth-order valence-corrected chi connectivity index (χ4v) is 2.22. The topological polar surface area (TPSA) is 115 Å². The van der Waals surface area contributed by atoms with Gasteiger partial charge in [-0.3, -0.25) is 0 Å². The molecule has 0 aliphatic carbocycles. The molecule has 0 aliphatic heterocycles. The molecule has 1 aromatic carbocycles. The Morgan fingerprint density at radius 1 is 1.44 bits per heavy atom. The fourth-order valence-electron chi connectivity index (χ4n) is 1.11. The molecule has 0 radical (unpaired) electrons. The van der Waals surface area contributed by atoms with Crippen molar-refractivity contribution < 1.29 is 13.2 Å². The van der Waals surface area contributed by atoms with Crippen LogP contribution in [0.25, 0.3) is 0 Å². The zero-order valence-corrected chi connectivity index (χ0v) is 9.89. The quantitative estimate of drug-likeness (QED) is 0.677. The molecule has 0 saturated heterocycles. The normalized spacial score (nSPS) is 11.1. The summed E-state index contributed by atoms with van der Waals surface area (Å²) in [5, 5.41) is 0.276. The number of hydrogen-bond acceptors (Lipinski definition) is 4. The molecule has 0 aliphatic rings. The van der Waals surface area contributed by atoms with Crippen LogP contribution in [0.4, 0.5) is 10.5 Å². The SMILES string of the molecule is Cc1cc(S(=O)(=O)NC(N)=O)cc(N)c1Cl. The molecular weight excluding hydrogens is 254 g/mol. The molecule has 0 atom stereocenters. The molecule has 5 N–H and O–H groups in total. The summed E-state index contributed by atoms with van der Waals surface area (Å²) in [6, 6.07) is 1.29. The number of urea groups is 1. The van der Waals surface area contributed by atoms with Crippen LogP contribution in [0, 0.1) is 6.92 Å². The number of hydrogen-bond donors (Lipinski definition) is 3. The van der Waals surface area contributed by atoms with E-state index in [9.17, 15) is 13.2 Å². The first-order valence-electron chi connectivity index (χ1n) is 4.12. The third-order valence-electron chi connectivity index (χ3n) is 1.80. The summed E-state index contributed by atoms with van der Waals surface area (Å²) < 4.78 is 24.7. The fraction of sp³-hybridized carbons (Fsp3) is 0.125. The van der Waals surface area contributed by atoms with Gasteiger partial charge in [-0.05, 0) is 24.6 Å². The number of nitrogens with two attached hydrogens (primary N) is 2. The monoisotopic (exact) mass is 263 g/mol. The Bertz CT molecular complexity index is 518. The average molecular weight is 264 g/mol. The van der Waals surface area contributed by atoms with Gasteiger partial charge >= 0.3 is 6.03 Å². The van der Waals surface area contributed by atoms with E-state index in [1.165, 1.54) is 6.07 Å². The Labute approximate surface area is 97.6 Å². The Morgan fingerprint density at radius 2 is 2.00 bits per heavy atom. The van der Waals surface area contributed by atoms with Gasteiger partial charge < -0.3 is 11.5 Å². The van der Waals surface area contributed by atoms with Gasteiger partial charge in [-0.25, -0.2) is 17.9 Å². The summed E-state index contributed by atoms with van der Waals surface area (Å²) in [6.45, 7) is 1.60. The number of nitrogen functional groups attached to an aromatic ring is 1. The summed E-state index contributed by atoms with van der Waals surface area (Å²) in [5.41, 5.74) is 10.9. The summed E-state index contributed by atoms with van der Waals surface area (Å²) >= 11 is 5.77. The first kappa shape index (κ1) is 12.6. The maximum Gasteiger partial charge on any atom is 0.326 e. The van der Waals surface area contributed by atoms with Crippen molar-refractivity contribution in [3.63, 3.8) is 0 Å². The minimum atomic E-state index is -3.98. The number of carbonyl (C=O) groups excluding carboxylic acids is 1. The highest BCUT2D eigenvalue weighted by atomic mass is 35.5. The van der Waals surface area contributed by atoms with Crippen LogP contribution in [0.2, 0.25) is 5.02 Å². The highest BCUT2D eigenvalue weighted by Gasteiger charge is 2.18. The smallest absolute Gasteiger partial charge is 0.326 e. The standard InChI is InChI=1S/C8H10ClN3O3S/c1-4-2-5(3-6(10)7(4)9)16(14,15)12-8(11)13/h2-3H,10H2,1H3,(H3,11,12,13). The molecule has 16 heavy (non-hydrogen) atoms. The third-order valence-corrected chi connectivity index (χ3v) is 3.64. The Kier molecular flexibility index (Phi) is 3.30. The predicted molar refractivity (Wildman–Crippen MR) is 60.5 cm³/mol. The maximum absolute atomic E-state index is 11.5. The van der Waals surface area contributed by atoms with Crippen LogP contribution in [0.15, 0.2) is 17.0 Å². The number of primary amides is 1. The lowest BCUT2D eigenvalue weighted by molar-refractivity contribution is 0.253. The van der Waals surface area contributed by atoms with Gasteiger partial charge in [0.15, 0.2) is 0 Å². The molecule has 0 fully saturated rings. The lowest BCUT2D eigenvalue weighted by Gasteiger charge is -2.08. The van der Waals surface area contributed by atoms with Crippen molar-refractivity contribution in [2.24, 2.45) is 5.73 Å². The lowest BCUT2D eigenvalue weighted by atomic mass is 10.2. The Hall–Kier alpha value is -1.47. The number of rotatable bonds is 2. The molecule has 0 bridgehead atoms. The van der Waals surface area contributed by atoms with E-state index in [0.29, 0.717) is 5.56 Å². The van der Waals surface area contributed by atoms with Crippen molar-refractivity contribution in [1.82, 2.24) is 4.72 Å². The van der Waals surface area contributed by atoms with Crippen LogP contribution >= 0.6 is 11.6 Å². The second-order valence-corrected chi connectivity index (χ2v) is 5.17. The van der Waals surface area contributed by atoms with Crippen LogP contribution in [0.3, 0.4) is 0 Å². The van der Waals surface area contributed by atoms with Crippen molar-refractivity contribution in [1.29, 1.82) is 0 Å². The first-order chi connectivity index (χ1) is 7.24. The van der Waals surface area contributed by atoms with Gasteiger partial charge in [-0.2, -0.15) is 0 Å². The van der Waals surface area contributed by atoms with E-state index in [1.807, 2.05) is 0 Å². The van der Waals surface area contributed by atoms with Gasteiger partial charge in [0.05, 0.1) is 15.6 Å². The van der Waals surface area contributed by atoms with Crippen molar-refractivity contribution >= 4 is 33.3 Å². The van der Waals surface area contributed by atoms with Gasteiger partial charge in [0.2, 0.25) is 0 Å². The zero-order valence-electron chi connectivity index (χ0n) is 8.32. The van der Waals surface area contributed by atoms with Gasteiger partial charge in [-0.1, -0.05) is 11.6 Å². The van der Waals surface area contributed by atoms with Crippen molar-refractivity contribution in [3.8, 4) is 0 Å². The van der Waals surface area contributed by atoms with Crippen LogP contribution in [0.5, 0.6) is 0 Å². The largest absolute Gasteiger partial charge is 0.397 e. The first-order valence-corrected chi connectivity index (χ1v) is 5.98. The van der Waals surface area contributed by atoms with E-state index in [-0.39, 0.29) is 15.6 Å². The maximum atomic E-state index is 11.5. The summed E-state index contributed by atoms with van der Waals surface area (Å²) in [7, 11) is -3.98. The molecule has 8 heteroatoms. The van der Waals surface area contributed by atoms with Crippen LogP contribution < -0.4 is 16.2 Å². The Morgan fingerprint density at radius 3 is 2.44 bits per heavy atom. The minimum Gasteiger partial charge on any atom is -0.397 e. The van der Waals surface area contributed by atoms with Crippen LogP contribution in [-0.4, -0.2) is 14.4 Å². The zero-order chi connectivity index (χ0) is 12.5. The lowest BCUT2D eigenvalue weighted by Crippen LogP contribution is -2.35. The van der Waals surface area contributed by atoms with Crippen molar-refractivity contribution in [3.05, 3.63) is 22.7 Å². The van der Waals surface area contributed by atoms with Crippen molar-refractivity contribution in [2.45, 2.75) is 11.8 Å². The molecule has 0 heterocycles. The second-order valence-electron chi connectivity index (χ2n) is 3.11. The summed E-state index contributed by atoms with van der Waals surface area (Å²) in [6.07, 6.45) is 0.